The fraction of sp³-hybridized carbons (Fsp3) is 0.486. The van der Waals surface area contributed by atoms with Crippen molar-refractivity contribution in [3.63, 3.8) is 0 Å². The van der Waals surface area contributed by atoms with Crippen molar-refractivity contribution in [2.75, 3.05) is 45.2 Å². The molecule has 3 aromatic rings. The number of amides is 1. The second-order valence-electron chi connectivity index (χ2n) is 12.3. The lowest BCUT2D eigenvalue weighted by Gasteiger charge is -2.36. The van der Waals surface area contributed by atoms with Gasteiger partial charge in [0.25, 0.3) is 15.9 Å². The third kappa shape index (κ3) is 10.1. The van der Waals surface area contributed by atoms with Crippen molar-refractivity contribution in [3.05, 3.63) is 78.1 Å². The maximum atomic E-state index is 14.4. The van der Waals surface area contributed by atoms with Crippen molar-refractivity contribution in [2.24, 2.45) is 5.92 Å². The second-order valence-corrected chi connectivity index (χ2v) is 14.0. The molecule has 2 aromatic carbocycles. The predicted molar refractivity (Wildman–Crippen MR) is 181 cm³/mol. The number of sulfonamides is 1. The number of fused-ring (bicyclic) bond motifs is 1. The zero-order chi connectivity index (χ0) is 34.0. The topological polar surface area (TPSA) is 131 Å². The first-order valence-corrected chi connectivity index (χ1v) is 17.6. The Morgan fingerprint density at radius 3 is 2.51 bits per heavy atom. The number of carbonyl (C=O) groups is 1. The highest BCUT2D eigenvalue weighted by Gasteiger charge is 2.30. The summed E-state index contributed by atoms with van der Waals surface area (Å²) in [6.45, 7) is 7.82. The zero-order valence-electron chi connectivity index (χ0n) is 28.0. The average Bonchev–Trinajstić information content (AvgIpc) is 3.06. The highest BCUT2D eigenvalue weighted by Crippen LogP contribution is 2.30. The predicted octanol–water partition coefficient (Wildman–Crippen LogP) is 4.82. The molecule has 256 valence electrons. The molecule has 1 aliphatic rings. The number of aromatic nitrogens is 1. The Morgan fingerprint density at radius 2 is 1.83 bits per heavy atom. The van der Waals surface area contributed by atoms with Crippen LogP contribution in [-0.4, -0.2) is 92.9 Å². The third-order valence-electron chi connectivity index (χ3n) is 8.37. The summed E-state index contributed by atoms with van der Waals surface area (Å²) in [7, 11) is -0.408. The van der Waals surface area contributed by atoms with Crippen LogP contribution in [0.3, 0.4) is 0 Å². The van der Waals surface area contributed by atoms with Crippen LogP contribution in [0.1, 0.15) is 56.0 Å². The molecule has 0 fully saturated rings. The molecule has 0 spiro atoms. The van der Waals surface area contributed by atoms with Gasteiger partial charge in [-0.05, 0) is 100 Å². The van der Waals surface area contributed by atoms with Crippen LogP contribution in [0.4, 0.5) is 5.69 Å². The summed E-state index contributed by atoms with van der Waals surface area (Å²) in [5.74, 6) is 0.440. The monoisotopic (exact) mass is 668 g/mol. The molecule has 0 radical (unpaired) electrons. The van der Waals surface area contributed by atoms with E-state index in [-0.39, 0.29) is 46.8 Å². The van der Waals surface area contributed by atoms with E-state index in [1.807, 2.05) is 26.1 Å². The molecule has 0 aliphatic carbocycles. The Hall–Kier alpha value is -3.71. The van der Waals surface area contributed by atoms with Crippen LogP contribution in [-0.2, 0) is 21.3 Å². The molecule has 4 atom stereocenters. The largest absolute Gasteiger partial charge is 0.497 e. The van der Waals surface area contributed by atoms with Crippen LogP contribution in [0.25, 0.3) is 0 Å². The number of carbonyl (C=O) groups excluding carboxylic acids is 1. The Balaban J connectivity index is 1.64. The molecule has 1 aromatic heterocycles. The van der Waals surface area contributed by atoms with E-state index in [1.165, 1.54) is 25.3 Å². The van der Waals surface area contributed by atoms with Crippen LogP contribution in [0.5, 0.6) is 11.5 Å². The van der Waals surface area contributed by atoms with E-state index in [2.05, 4.69) is 21.5 Å². The number of pyridine rings is 1. The van der Waals surface area contributed by atoms with Gasteiger partial charge in [0.1, 0.15) is 11.5 Å². The molecule has 47 heavy (non-hydrogen) atoms. The molecule has 11 nitrogen and oxygen atoms in total. The number of anilines is 1. The maximum Gasteiger partial charge on any atom is 0.261 e. The Labute approximate surface area is 278 Å². The molecule has 2 heterocycles. The minimum atomic E-state index is -3.96. The molecule has 0 bridgehead atoms. The van der Waals surface area contributed by atoms with Gasteiger partial charge in [-0.3, -0.25) is 19.4 Å². The van der Waals surface area contributed by atoms with E-state index in [0.717, 1.165) is 31.4 Å². The van der Waals surface area contributed by atoms with Gasteiger partial charge in [0.2, 0.25) is 0 Å². The SMILES string of the molecule is COc1ccc(S(=O)(=O)Nc2ccc3c(c2)C(=O)N([C@@H](C)CO)C[C@@H](C)[C@@H](CN(C)Cc2ccncc2)OCCCC[C@H](C)O3)cc1. The summed E-state index contributed by atoms with van der Waals surface area (Å²) in [6, 6.07) is 14.2. The van der Waals surface area contributed by atoms with Gasteiger partial charge in [0.05, 0.1) is 42.4 Å². The number of aliphatic hydroxyl groups excluding tert-OH is 1. The van der Waals surface area contributed by atoms with Crippen LogP contribution < -0.4 is 14.2 Å². The van der Waals surface area contributed by atoms with Crippen molar-refractivity contribution in [1.82, 2.24) is 14.8 Å². The number of ether oxygens (including phenoxy) is 3. The molecule has 0 unspecified atom stereocenters. The lowest BCUT2D eigenvalue weighted by atomic mass is 10.0. The van der Waals surface area contributed by atoms with Gasteiger partial charge >= 0.3 is 0 Å². The van der Waals surface area contributed by atoms with Crippen LogP contribution >= 0.6 is 0 Å². The van der Waals surface area contributed by atoms with Crippen molar-refractivity contribution in [3.8, 4) is 11.5 Å². The van der Waals surface area contributed by atoms with Gasteiger partial charge in [-0.25, -0.2) is 8.42 Å². The fourth-order valence-electron chi connectivity index (χ4n) is 5.59. The maximum absolute atomic E-state index is 14.4. The van der Waals surface area contributed by atoms with E-state index in [1.54, 1.807) is 48.5 Å². The molecule has 1 aliphatic heterocycles. The number of likely N-dealkylation sites (N-methyl/N-ethyl adjacent to an activating group) is 1. The summed E-state index contributed by atoms with van der Waals surface area (Å²) in [5, 5.41) is 10.2. The molecule has 12 heteroatoms. The van der Waals surface area contributed by atoms with E-state index in [4.69, 9.17) is 14.2 Å². The third-order valence-corrected chi connectivity index (χ3v) is 9.76. The lowest BCUT2D eigenvalue weighted by molar-refractivity contribution is -0.0177. The van der Waals surface area contributed by atoms with Crippen molar-refractivity contribution < 1.29 is 32.5 Å². The zero-order valence-corrected chi connectivity index (χ0v) is 28.8. The molecule has 0 saturated heterocycles. The summed E-state index contributed by atoms with van der Waals surface area (Å²) in [6.07, 6.45) is 5.68. The number of aliphatic hydroxyl groups is 1. The Kier molecular flexibility index (Phi) is 13.0. The number of nitrogens with one attached hydrogen (secondary N) is 1. The number of nitrogens with zero attached hydrogens (tertiary/aromatic N) is 3. The normalized spacial score (nSPS) is 20.5. The van der Waals surface area contributed by atoms with Crippen molar-refractivity contribution in [1.29, 1.82) is 0 Å². The van der Waals surface area contributed by atoms with Gasteiger partial charge < -0.3 is 24.2 Å². The first-order valence-electron chi connectivity index (χ1n) is 16.1. The van der Waals surface area contributed by atoms with Gasteiger partial charge in [0.15, 0.2) is 0 Å². The van der Waals surface area contributed by atoms with Gasteiger partial charge in [-0.2, -0.15) is 0 Å². The number of rotatable bonds is 10. The highest BCUT2D eigenvalue weighted by molar-refractivity contribution is 7.92. The number of benzene rings is 2. The van der Waals surface area contributed by atoms with Gasteiger partial charge in [-0.1, -0.05) is 6.92 Å². The minimum absolute atomic E-state index is 0.0545. The number of methoxy groups -OCH3 is 1. The lowest BCUT2D eigenvalue weighted by Crippen LogP contribution is -2.47. The highest BCUT2D eigenvalue weighted by atomic mass is 32.2. The average molecular weight is 669 g/mol. The minimum Gasteiger partial charge on any atom is -0.497 e. The van der Waals surface area contributed by atoms with Crippen LogP contribution in [0.2, 0.25) is 0 Å². The quantitative estimate of drug-likeness (QED) is 0.312. The summed E-state index contributed by atoms with van der Waals surface area (Å²) in [4.78, 5) is 22.4. The molecule has 4 rings (SSSR count). The summed E-state index contributed by atoms with van der Waals surface area (Å²) < 4.78 is 47.0. The van der Waals surface area contributed by atoms with Crippen molar-refractivity contribution in [2.45, 2.75) is 69.7 Å². The van der Waals surface area contributed by atoms with Gasteiger partial charge in [0, 0.05) is 50.2 Å². The van der Waals surface area contributed by atoms with E-state index in [9.17, 15) is 18.3 Å². The second kappa shape index (κ2) is 16.9. The van der Waals surface area contributed by atoms with E-state index >= 15 is 0 Å². The Bertz CT molecular complexity index is 1540. The molecular formula is C35H48N4O7S. The molecular weight excluding hydrogens is 620 g/mol. The standard InChI is InChI=1S/C35H48N4O7S/c1-25-21-39(26(2)24-40)35(41)32-20-29(37-47(42,43)31-12-10-30(44-5)11-13-31)9-14-33(32)46-27(3)8-6-7-19-45-34(25)23-38(4)22-28-15-17-36-18-16-28/h9-18,20,25-27,34,37,40H,6-8,19,21-24H2,1-5H3/t25-,26+,27+,34-/m1/s1. The van der Waals surface area contributed by atoms with Crippen LogP contribution in [0.15, 0.2) is 71.9 Å². The van der Waals surface area contributed by atoms with E-state index in [0.29, 0.717) is 31.2 Å². The van der Waals surface area contributed by atoms with Crippen molar-refractivity contribution >= 4 is 21.6 Å². The summed E-state index contributed by atoms with van der Waals surface area (Å²) in [5.41, 5.74) is 1.57. The summed E-state index contributed by atoms with van der Waals surface area (Å²) >= 11 is 0. The fourth-order valence-corrected chi connectivity index (χ4v) is 6.64. The van der Waals surface area contributed by atoms with Crippen LogP contribution in [0, 0.1) is 5.92 Å². The smallest absolute Gasteiger partial charge is 0.261 e. The first-order chi connectivity index (χ1) is 22.5. The molecule has 0 saturated carbocycles. The Morgan fingerprint density at radius 1 is 1.11 bits per heavy atom. The van der Waals surface area contributed by atoms with Gasteiger partial charge in [-0.15, -0.1) is 0 Å². The molecule has 2 N–H and O–H groups in total. The molecule has 1 amide bonds. The van der Waals surface area contributed by atoms with E-state index < -0.39 is 16.1 Å². The first kappa shape index (κ1) is 36.1. The number of hydrogen-bond acceptors (Lipinski definition) is 9. The number of hydrogen-bond donors (Lipinski definition) is 2.